The minimum Gasteiger partial charge on any atom is -0.438 e. The number of hydrogen-bond acceptors (Lipinski definition) is 8. The van der Waals surface area contributed by atoms with Crippen molar-refractivity contribution in [1.29, 1.82) is 0 Å². The first-order valence-electron chi connectivity index (χ1n) is 9.78. The number of pyridine rings is 2. The normalized spacial score (nSPS) is 18.4. The van der Waals surface area contributed by atoms with Gasteiger partial charge in [-0.1, -0.05) is 6.08 Å². The maximum absolute atomic E-state index is 6.22. The summed E-state index contributed by atoms with van der Waals surface area (Å²) in [5.41, 5.74) is 8.78. The monoisotopic (exact) mass is 412 g/mol. The van der Waals surface area contributed by atoms with E-state index in [2.05, 4.69) is 25.3 Å². The summed E-state index contributed by atoms with van der Waals surface area (Å²) in [7, 11) is 0. The lowest BCUT2D eigenvalue weighted by molar-refractivity contribution is 0.384. The molecule has 3 N–H and O–H groups in total. The largest absolute Gasteiger partial charge is 0.438 e. The average molecular weight is 412 g/mol. The number of rotatable bonds is 5. The van der Waals surface area contributed by atoms with Crippen LogP contribution in [0.2, 0.25) is 0 Å². The SMILES string of the molecule is CC1=CC=C(N)CC1(Nc1ncc(-c2ccncc2)o1)c1ncc(-c2cccnc2)o1. The molecule has 0 fully saturated rings. The fraction of sp³-hybridized carbons (Fsp3) is 0.130. The van der Waals surface area contributed by atoms with Crippen molar-refractivity contribution in [1.82, 2.24) is 19.9 Å². The van der Waals surface area contributed by atoms with Crippen molar-refractivity contribution in [2.24, 2.45) is 5.73 Å². The summed E-state index contributed by atoms with van der Waals surface area (Å²) in [6, 6.07) is 7.84. The zero-order valence-corrected chi connectivity index (χ0v) is 16.8. The first kappa shape index (κ1) is 18.8. The molecule has 31 heavy (non-hydrogen) atoms. The van der Waals surface area contributed by atoms with Crippen LogP contribution in [0.4, 0.5) is 6.01 Å². The number of aromatic nitrogens is 4. The maximum Gasteiger partial charge on any atom is 0.296 e. The van der Waals surface area contributed by atoms with Crippen molar-refractivity contribution in [3.63, 3.8) is 0 Å². The number of nitrogens with two attached hydrogens (primary N) is 1. The predicted molar refractivity (Wildman–Crippen MR) is 115 cm³/mol. The molecule has 4 heterocycles. The molecule has 5 rings (SSSR count). The first-order valence-corrected chi connectivity index (χ1v) is 9.78. The molecular formula is C23H20N6O2. The highest BCUT2D eigenvalue weighted by Gasteiger charge is 2.42. The van der Waals surface area contributed by atoms with E-state index in [9.17, 15) is 0 Å². The van der Waals surface area contributed by atoms with E-state index >= 15 is 0 Å². The fourth-order valence-corrected chi connectivity index (χ4v) is 3.60. The Morgan fingerprint density at radius 3 is 2.52 bits per heavy atom. The molecule has 0 saturated heterocycles. The number of allylic oxidation sites excluding steroid dienone is 2. The lowest BCUT2D eigenvalue weighted by Gasteiger charge is -2.34. The van der Waals surface area contributed by atoms with Gasteiger partial charge < -0.3 is 19.9 Å². The van der Waals surface area contributed by atoms with Crippen LogP contribution in [-0.2, 0) is 5.54 Å². The van der Waals surface area contributed by atoms with E-state index in [1.807, 2.05) is 43.3 Å². The van der Waals surface area contributed by atoms with Crippen molar-refractivity contribution in [2.45, 2.75) is 18.9 Å². The minimum atomic E-state index is -0.834. The van der Waals surface area contributed by atoms with Crippen molar-refractivity contribution >= 4 is 6.01 Å². The van der Waals surface area contributed by atoms with Crippen LogP contribution in [0, 0.1) is 0 Å². The summed E-state index contributed by atoms with van der Waals surface area (Å²) < 4.78 is 12.2. The lowest BCUT2D eigenvalue weighted by atomic mass is 9.82. The Balaban J connectivity index is 1.53. The number of anilines is 1. The molecule has 154 valence electrons. The Hall–Kier alpha value is -4.20. The smallest absolute Gasteiger partial charge is 0.296 e. The van der Waals surface area contributed by atoms with Gasteiger partial charge in [-0.2, -0.15) is 0 Å². The van der Waals surface area contributed by atoms with E-state index in [0.29, 0.717) is 35.5 Å². The quantitative estimate of drug-likeness (QED) is 0.499. The summed E-state index contributed by atoms with van der Waals surface area (Å²) >= 11 is 0. The number of hydrogen-bond donors (Lipinski definition) is 2. The molecule has 1 aliphatic rings. The van der Waals surface area contributed by atoms with E-state index in [-0.39, 0.29) is 0 Å². The second kappa shape index (κ2) is 7.56. The molecule has 1 unspecified atom stereocenters. The molecule has 8 nitrogen and oxygen atoms in total. The van der Waals surface area contributed by atoms with E-state index in [0.717, 1.165) is 16.7 Å². The van der Waals surface area contributed by atoms with Crippen molar-refractivity contribution in [2.75, 3.05) is 5.32 Å². The van der Waals surface area contributed by atoms with Crippen LogP contribution in [0.25, 0.3) is 22.6 Å². The number of nitrogens with zero attached hydrogens (tertiary/aromatic N) is 4. The van der Waals surface area contributed by atoms with Gasteiger partial charge >= 0.3 is 0 Å². The molecule has 0 bridgehead atoms. The van der Waals surface area contributed by atoms with Gasteiger partial charge in [0.2, 0.25) is 5.89 Å². The van der Waals surface area contributed by atoms with Crippen LogP contribution >= 0.6 is 0 Å². The zero-order chi connectivity index (χ0) is 21.3. The van der Waals surface area contributed by atoms with Gasteiger partial charge in [-0.15, -0.1) is 0 Å². The highest BCUT2D eigenvalue weighted by molar-refractivity contribution is 5.58. The van der Waals surface area contributed by atoms with Gasteiger partial charge in [0.1, 0.15) is 5.54 Å². The van der Waals surface area contributed by atoms with Crippen LogP contribution in [0.3, 0.4) is 0 Å². The highest BCUT2D eigenvalue weighted by Crippen LogP contribution is 2.41. The molecule has 0 radical (unpaired) electrons. The third-order valence-corrected chi connectivity index (χ3v) is 5.30. The van der Waals surface area contributed by atoms with Crippen molar-refractivity contribution in [3.8, 4) is 22.6 Å². The van der Waals surface area contributed by atoms with Crippen LogP contribution in [0.5, 0.6) is 0 Å². The molecule has 4 aromatic rings. The van der Waals surface area contributed by atoms with E-state index < -0.39 is 5.54 Å². The second-order valence-electron chi connectivity index (χ2n) is 7.34. The summed E-state index contributed by atoms with van der Waals surface area (Å²) in [5.74, 6) is 1.72. The molecule has 0 aromatic carbocycles. The van der Waals surface area contributed by atoms with Gasteiger partial charge in [0.15, 0.2) is 11.5 Å². The Morgan fingerprint density at radius 1 is 0.903 bits per heavy atom. The van der Waals surface area contributed by atoms with Gasteiger partial charge in [-0.3, -0.25) is 9.97 Å². The van der Waals surface area contributed by atoms with Gasteiger partial charge in [-0.05, 0) is 42.8 Å². The summed E-state index contributed by atoms with van der Waals surface area (Å²) in [4.78, 5) is 17.2. The molecular weight excluding hydrogens is 392 g/mol. The molecule has 8 heteroatoms. The van der Waals surface area contributed by atoms with Crippen molar-refractivity contribution in [3.05, 3.63) is 90.8 Å². The predicted octanol–water partition coefficient (Wildman–Crippen LogP) is 4.29. The van der Waals surface area contributed by atoms with E-state index in [1.54, 1.807) is 37.2 Å². The van der Waals surface area contributed by atoms with Crippen LogP contribution in [-0.4, -0.2) is 19.9 Å². The van der Waals surface area contributed by atoms with Gasteiger partial charge in [-0.25, -0.2) is 9.97 Å². The van der Waals surface area contributed by atoms with Gasteiger partial charge in [0, 0.05) is 48.0 Å². The molecule has 1 atom stereocenters. The van der Waals surface area contributed by atoms with E-state index in [1.165, 1.54) is 0 Å². The van der Waals surface area contributed by atoms with Crippen LogP contribution in [0.15, 0.2) is 93.7 Å². The Morgan fingerprint density at radius 2 is 1.71 bits per heavy atom. The Labute approximate surface area is 178 Å². The molecule has 0 spiro atoms. The van der Waals surface area contributed by atoms with Crippen molar-refractivity contribution < 1.29 is 8.83 Å². The van der Waals surface area contributed by atoms with Gasteiger partial charge in [0.25, 0.3) is 6.01 Å². The highest BCUT2D eigenvalue weighted by atomic mass is 16.4. The molecule has 4 aromatic heterocycles. The third-order valence-electron chi connectivity index (χ3n) is 5.30. The fourth-order valence-electron chi connectivity index (χ4n) is 3.60. The number of nitrogens with one attached hydrogen (secondary N) is 1. The van der Waals surface area contributed by atoms with Gasteiger partial charge in [0.05, 0.1) is 12.4 Å². The molecule has 0 saturated carbocycles. The Kier molecular flexibility index (Phi) is 4.59. The summed E-state index contributed by atoms with van der Waals surface area (Å²) in [6.45, 7) is 2.00. The molecule has 1 aliphatic carbocycles. The second-order valence-corrected chi connectivity index (χ2v) is 7.34. The Bertz CT molecular complexity index is 1260. The standard InChI is InChI=1S/C23H20N6O2/c1-15-4-5-18(24)11-23(15,21-27-13-20(30-21)17-3-2-8-26-12-17)29-22-28-14-19(31-22)16-6-9-25-10-7-16/h2-10,12-14H,11,24H2,1H3,(H,28,29). The zero-order valence-electron chi connectivity index (χ0n) is 16.8. The maximum atomic E-state index is 6.22. The molecule has 0 amide bonds. The van der Waals surface area contributed by atoms with Crippen LogP contribution < -0.4 is 11.1 Å². The third kappa shape index (κ3) is 3.48. The van der Waals surface area contributed by atoms with Crippen LogP contribution in [0.1, 0.15) is 19.2 Å². The van der Waals surface area contributed by atoms with E-state index in [4.69, 9.17) is 14.6 Å². The minimum absolute atomic E-state index is 0.343. The number of oxazole rings is 2. The topological polar surface area (TPSA) is 116 Å². The summed E-state index contributed by atoms with van der Waals surface area (Å²) in [6.07, 6.45) is 14.5. The average Bonchev–Trinajstić information content (AvgIpc) is 3.48. The lowest BCUT2D eigenvalue weighted by Crippen LogP contribution is -2.40. The summed E-state index contributed by atoms with van der Waals surface area (Å²) in [5, 5.41) is 3.39. The first-order chi connectivity index (χ1) is 15.1. The molecule has 0 aliphatic heterocycles.